The van der Waals surface area contributed by atoms with E-state index < -0.39 is 0 Å². The van der Waals surface area contributed by atoms with Gasteiger partial charge >= 0.3 is 0 Å². The molecular formula is C30H34O4. The maximum Gasteiger partial charge on any atom is 0.104 e. The zero-order valence-electron chi connectivity index (χ0n) is 20.1. The van der Waals surface area contributed by atoms with Gasteiger partial charge in [-0.3, -0.25) is 0 Å². The first kappa shape index (κ1) is 23.3. The molecule has 2 aliphatic heterocycles. The molecule has 0 aromatic heterocycles. The molecule has 0 radical (unpaired) electrons. The van der Waals surface area contributed by atoms with Crippen LogP contribution in [-0.4, -0.2) is 49.8 Å². The molecule has 0 saturated carbocycles. The second kappa shape index (κ2) is 10.0. The number of allylic oxidation sites excluding steroid dienone is 8. The minimum absolute atomic E-state index is 0.272. The molecule has 34 heavy (non-hydrogen) atoms. The average Bonchev–Trinajstić information content (AvgIpc) is 3.71. The van der Waals surface area contributed by atoms with E-state index in [1.807, 2.05) is 0 Å². The third kappa shape index (κ3) is 6.77. The van der Waals surface area contributed by atoms with Crippen molar-refractivity contribution in [2.75, 3.05) is 26.4 Å². The Hall–Kier alpha value is -2.50. The number of rotatable bonds is 10. The van der Waals surface area contributed by atoms with Gasteiger partial charge in [0.1, 0.15) is 23.4 Å². The van der Waals surface area contributed by atoms with Crippen LogP contribution in [0.2, 0.25) is 0 Å². The molecular weight excluding hydrogens is 424 g/mol. The van der Waals surface area contributed by atoms with Gasteiger partial charge in [-0.15, -0.1) is 0 Å². The van der Waals surface area contributed by atoms with Gasteiger partial charge in [-0.05, 0) is 73.3 Å². The van der Waals surface area contributed by atoms with Crippen LogP contribution in [0.1, 0.15) is 25.0 Å². The van der Waals surface area contributed by atoms with Gasteiger partial charge in [0, 0.05) is 0 Å². The summed E-state index contributed by atoms with van der Waals surface area (Å²) in [5, 5.41) is 0. The van der Waals surface area contributed by atoms with Crippen molar-refractivity contribution in [3.8, 4) is 0 Å². The highest BCUT2D eigenvalue weighted by atomic mass is 16.6. The molecule has 4 atom stereocenters. The van der Waals surface area contributed by atoms with E-state index in [9.17, 15) is 0 Å². The standard InChI is InChI=1S/C30H34O4/c1-29(33-21-27-19-31-27)13-3-5-23(11-15-29)17-25-7-9-26(10-8-25)18-24-6-4-14-30(2,16-12-24)34-22-28-20-32-28/h3-16,27-28H,17-22H2,1-2H3. The fourth-order valence-corrected chi connectivity index (χ4v) is 4.04. The molecule has 4 aliphatic rings. The summed E-state index contributed by atoms with van der Waals surface area (Å²) in [6.07, 6.45) is 23.8. The third-order valence-corrected chi connectivity index (χ3v) is 6.54. The number of hydrogen-bond acceptors (Lipinski definition) is 4. The summed E-state index contributed by atoms with van der Waals surface area (Å²) in [6.45, 7) is 7.11. The topological polar surface area (TPSA) is 43.5 Å². The van der Waals surface area contributed by atoms with E-state index in [0.29, 0.717) is 13.2 Å². The van der Waals surface area contributed by atoms with Crippen molar-refractivity contribution in [3.63, 3.8) is 0 Å². The van der Waals surface area contributed by atoms with Gasteiger partial charge in [0.05, 0.1) is 26.4 Å². The Bertz CT molecular complexity index is 965. The van der Waals surface area contributed by atoms with Gasteiger partial charge in [-0.1, -0.05) is 60.7 Å². The first-order valence-electron chi connectivity index (χ1n) is 12.2. The van der Waals surface area contributed by atoms with E-state index in [4.69, 9.17) is 18.9 Å². The maximum absolute atomic E-state index is 6.05. The van der Waals surface area contributed by atoms with Crippen molar-refractivity contribution in [1.82, 2.24) is 0 Å². The largest absolute Gasteiger partial charge is 0.371 e. The molecule has 0 bridgehead atoms. The normalized spacial score (nSPS) is 31.6. The molecule has 1 aromatic rings. The smallest absolute Gasteiger partial charge is 0.104 e. The third-order valence-electron chi connectivity index (χ3n) is 6.54. The first-order chi connectivity index (χ1) is 16.5. The summed E-state index contributed by atoms with van der Waals surface area (Å²) in [4.78, 5) is 0. The van der Waals surface area contributed by atoms with E-state index in [1.54, 1.807) is 0 Å². The minimum atomic E-state index is -0.380. The zero-order chi connectivity index (χ0) is 23.4. The summed E-state index contributed by atoms with van der Waals surface area (Å²) >= 11 is 0. The van der Waals surface area contributed by atoms with Crippen molar-refractivity contribution < 1.29 is 18.9 Å². The maximum atomic E-state index is 6.05. The van der Waals surface area contributed by atoms with Crippen LogP contribution in [0.3, 0.4) is 0 Å². The van der Waals surface area contributed by atoms with Gasteiger partial charge in [0.2, 0.25) is 0 Å². The highest BCUT2D eigenvalue weighted by Gasteiger charge is 2.28. The monoisotopic (exact) mass is 458 g/mol. The van der Waals surface area contributed by atoms with Crippen LogP contribution in [0.4, 0.5) is 0 Å². The molecule has 2 aliphatic carbocycles. The minimum Gasteiger partial charge on any atom is -0.371 e. The van der Waals surface area contributed by atoms with Crippen LogP contribution < -0.4 is 0 Å². The number of hydrogen-bond donors (Lipinski definition) is 0. The molecule has 2 saturated heterocycles. The van der Waals surface area contributed by atoms with Gasteiger partial charge in [-0.25, -0.2) is 0 Å². The molecule has 0 N–H and O–H groups in total. The highest BCUT2D eigenvalue weighted by molar-refractivity contribution is 5.39. The first-order valence-corrected chi connectivity index (χ1v) is 12.2. The summed E-state index contributed by atoms with van der Waals surface area (Å²) in [6, 6.07) is 8.94. The lowest BCUT2D eigenvalue weighted by Crippen LogP contribution is -2.25. The summed E-state index contributed by atoms with van der Waals surface area (Å²) in [5.41, 5.74) is 4.39. The Balaban J connectivity index is 1.14. The fourth-order valence-electron chi connectivity index (χ4n) is 4.04. The summed E-state index contributed by atoms with van der Waals surface area (Å²) in [5.74, 6) is 0. The van der Waals surface area contributed by atoms with Crippen LogP contribution >= 0.6 is 0 Å². The lowest BCUT2D eigenvalue weighted by atomic mass is 9.99. The van der Waals surface area contributed by atoms with Gasteiger partial charge in [0.15, 0.2) is 0 Å². The molecule has 2 heterocycles. The van der Waals surface area contributed by atoms with E-state index in [-0.39, 0.29) is 23.4 Å². The van der Waals surface area contributed by atoms with Crippen LogP contribution in [0.15, 0.2) is 96.2 Å². The Kier molecular flexibility index (Phi) is 6.84. The van der Waals surface area contributed by atoms with E-state index in [2.05, 4.69) is 98.9 Å². The lowest BCUT2D eigenvalue weighted by Gasteiger charge is -2.21. The molecule has 4 heteroatoms. The molecule has 1 aromatic carbocycles. The molecule has 2 fully saturated rings. The van der Waals surface area contributed by atoms with Crippen molar-refractivity contribution in [2.24, 2.45) is 0 Å². The predicted octanol–water partition coefficient (Wildman–Crippen LogP) is 5.22. The average molecular weight is 459 g/mol. The molecule has 4 nitrogen and oxygen atoms in total. The summed E-state index contributed by atoms with van der Waals surface area (Å²) < 4.78 is 22.6. The molecule has 5 rings (SSSR count). The fraction of sp³-hybridized carbons (Fsp3) is 0.400. The van der Waals surface area contributed by atoms with Crippen LogP contribution in [0, 0.1) is 0 Å². The molecule has 4 unspecified atom stereocenters. The SMILES string of the molecule is CC1(OCC2CO2)C=CC=C(Cc2ccc(CC3=CC=CC(C)(OCC4CO4)C=C3)cc2)C=C1. The number of benzene rings is 1. The van der Waals surface area contributed by atoms with Crippen LogP contribution in [-0.2, 0) is 31.8 Å². The molecule has 0 amide bonds. The Labute approximate surface area is 202 Å². The van der Waals surface area contributed by atoms with Crippen LogP contribution in [0.5, 0.6) is 0 Å². The lowest BCUT2D eigenvalue weighted by molar-refractivity contribution is 0.0311. The van der Waals surface area contributed by atoms with Crippen molar-refractivity contribution >= 4 is 0 Å². The zero-order valence-corrected chi connectivity index (χ0v) is 20.1. The Morgan fingerprint density at radius 2 is 1.12 bits per heavy atom. The van der Waals surface area contributed by atoms with E-state index in [1.165, 1.54) is 22.3 Å². The highest BCUT2D eigenvalue weighted by Crippen LogP contribution is 2.25. The Morgan fingerprint density at radius 1 is 0.706 bits per heavy atom. The van der Waals surface area contributed by atoms with Gasteiger partial charge in [0.25, 0.3) is 0 Å². The van der Waals surface area contributed by atoms with E-state index >= 15 is 0 Å². The molecule has 178 valence electrons. The van der Waals surface area contributed by atoms with Crippen LogP contribution in [0.25, 0.3) is 0 Å². The van der Waals surface area contributed by atoms with Crippen molar-refractivity contribution in [2.45, 2.75) is 50.1 Å². The van der Waals surface area contributed by atoms with Crippen molar-refractivity contribution in [3.05, 3.63) is 107 Å². The second-order valence-electron chi connectivity index (χ2n) is 9.94. The number of ether oxygens (including phenoxy) is 4. The number of epoxide rings is 2. The predicted molar refractivity (Wildman–Crippen MR) is 135 cm³/mol. The molecule has 0 spiro atoms. The van der Waals surface area contributed by atoms with E-state index in [0.717, 1.165) is 26.1 Å². The Morgan fingerprint density at radius 3 is 1.50 bits per heavy atom. The van der Waals surface area contributed by atoms with Gasteiger partial charge in [-0.2, -0.15) is 0 Å². The summed E-state index contributed by atoms with van der Waals surface area (Å²) in [7, 11) is 0. The van der Waals surface area contributed by atoms with Crippen molar-refractivity contribution in [1.29, 1.82) is 0 Å². The quantitative estimate of drug-likeness (QED) is 0.451. The second-order valence-corrected chi connectivity index (χ2v) is 9.94. The van der Waals surface area contributed by atoms with Gasteiger partial charge < -0.3 is 18.9 Å².